The molecule has 0 unspecified atom stereocenters. The molecule has 6 nitrogen and oxygen atoms in total. The highest BCUT2D eigenvalue weighted by molar-refractivity contribution is 5.92. The van der Waals surface area contributed by atoms with Gasteiger partial charge in [0.25, 0.3) is 5.91 Å². The molecular weight excluding hydrogens is 356 g/mol. The molecule has 1 aromatic rings. The lowest BCUT2D eigenvalue weighted by Crippen LogP contribution is -2.53. The maximum Gasteiger partial charge on any atom is 0.338 e. The van der Waals surface area contributed by atoms with Crippen molar-refractivity contribution < 1.29 is 19.1 Å². The number of nitrogens with zero attached hydrogens (tertiary/aromatic N) is 2. The standard InChI is InChI=1S/C22H30N2O4/c1-16(2)27-14-18-8-10-19(11-9-18)21(26)28-17(3)20(25)24(4)22(15-23)12-6-5-7-13-22/h8-11,16-17H,5-7,12-14H2,1-4H3/t17-/m1/s1. The Labute approximate surface area is 167 Å². The van der Waals surface area contributed by atoms with Crippen molar-refractivity contribution in [3.05, 3.63) is 35.4 Å². The van der Waals surface area contributed by atoms with Crippen LogP contribution in [0.2, 0.25) is 0 Å². The summed E-state index contributed by atoms with van der Waals surface area (Å²) >= 11 is 0. The van der Waals surface area contributed by atoms with Gasteiger partial charge in [-0.25, -0.2) is 4.79 Å². The summed E-state index contributed by atoms with van der Waals surface area (Å²) < 4.78 is 10.9. The van der Waals surface area contributed by atoms with Crippen molar-refractivity contribution in [1.82, 2.24) is 4.90 Å². The van der Waals surface area contributed by atoms with Crippen LogP contribution in [-0.2, 0) is 20.9 Å². The van der Waals surface area contributed by atoms with E-state index in [1.165, 1.54) is 4.90 Å². The van der Waals surface area contributed by atoms with Crippen LogP contribution < -0.4 is 0 Å². The van der Waals surface area contributed by atoms with Crippen LogP contribution in [0.1, 0.15) is 68.8 Å². The summed E-state index contributed by atoms with van der Waals surface area (Å²) in [6.45, 7) is 5.95. The third-order valence-corrected chi connectivity index (χ3v) is 5.27. The average Bonchev–Trinajstić information content (AvgIpc) is 2.71. The molecule has 1 aliphatic rings. The molecule has 1 atom stereocenters. The molecule has 1 saturated carbocycles. The van der Waals surface area contributed by atoms with Crippen molar-refractivity contribution in [2.24, 2.45) is 0 Å². The molecule has 1 aromatic carbocycles. The summed E-state index contributed by atoms with van der Waals surface area (Å²) in [7, 11) is 1.63. The van der Waals surface area contributed by atoms with Crippen LogP contribution in [0.4, 0.5) is 0 Å². The molecule has 2 rings (SSSR count). The molecule has 0 saturated heterocycles. The number of ether oxygens (including phenoxy) is 2. The molecule has 0 radical (unpaired) electrons. The molecule has 6 heteroatoms. The summed E-state index contributed by atoms with van der Waals surface area (Å²) in [5.41, 5.74) is 0.541. The topological polar surface area (TPSA) is 79.6 Å². The number of nitriles is 1. The van der Waals surface area contributed by atoms with Gasteiger partial charge in [0.1, 0.15) is 5.54 Å². The van der Waals surface area contributed by atoms with E-state index < -0.39 is 17.6 Å². The molecule has 152 valence electrons. The van der Waals surface area contributed by atoms with Gasteiger partial charge < -0.3 is 14.4 Å². The highest BCUT2D eigenvalue weighted by Crippen LogP contribution is 2.33. The van der Waals surface area contributed by atoms with Crippen molar-refractivity contribution in [2.45, 2.75) is 77.2 Å². The molecule has 0 aromatic heterocycles. The summed E-state index contributed by atoms with van der Waals surface area (Å²) in [5.74, 6) is -0.904. The number of carbonyl (C=O) groups is 2. The van der Waals surface area contributed by atoms with E-state index >= 15 is 0 Å². The molecule has 1 amide bonds. The lowest BCUT2D eigenvalue weighted by Gasteiger charge is -2.39. The van der Waals surface area contributed by atoms with Crippen LogP contribution >= 0.6 is 0 Å². The fourth-order valence-electron chi connectivity index (χ4n) is 3.42. The third kappa shape index (κ3) is 5.32. The van der Waals surface area contributed by atoms with Crippen molar-refractivity contribution in [1.29, 1.82) is 5.26 Å². The van der Waals surface area contributed by atoms with Crippen LogP contribution in [0.5, 0.6) is 0 Å². The predicted molar refractivity (Wildman–Crippen MR) is 105 cm³/mol. The van der Waals surface area contributed by atoms with Gasteiger partial charge in [0.05, 0.1) is 24.3 Å². The molecule has 1 fully saturated rings. The maximum atomic E-state index is 12.8. The Morgan fingerprint density at radius 3 is 2.29 bits per heavy atom. The molecule has 0 N–H and O–H groups in total. The van der Waals surface area contributed by atoms with E-state index in [2.05, 4.69) is 6.07 Å². The number of carbonyl (C=O) groups excluding carboxylic acids is 2. The Kier molecular flexibility index (Phi) is 7.59. The second-order valence-electron chi connectivity index (χ2n) is 7.71. The van der Waals surface area contributed by atoms with Crippen molar-refractivity contribution in [3.8, 4) is 6.07 Å². The zero-order valence-electron chi connectivity index (χ0n) is 17.2. The van der Waals surface area contributed by atoms with Crippen LogP contribution in [0.3, 0.4) is 0 Å². The SMILES string of the molecule is CC(C)OCc1ccc(C(=O)O[C@H](C)C(=O)N(C)C2(C#N)CCCCC2)cc1. The zero-order chi connectivity index (χ0) is 20.7. The third-order valence-electron chi connectivity index (χ3n) is 5.27. The number of amides is 1. The van der Waals surface area contributed by atoms with Gasteiger partial charge in [0, 0.05) is 7.05 Å². The minimum absolute atomic E-state index is 0.134. The van der Waals surface area contributed by atoms with Gasteiger partial charge in [0.15, 0.2) is 6.10 Å². The molecule has 0 bridgehead atoms. The number of esters is 1. The predicted octanol–water partition coefficient (Wildman–Crippen LogP) is 3.84. The highest BCUT2D eigenvalue weighted by atomic mass is 16.5. The number of likely N-dealkylation sites (N-methyl/N-ethyl adjacent to an activating group) is 1. The second-order valence-corrected chi connectivity index (χ2v) is 7.71. The largest absolute Gasteiger partial charge is 0.449 e. The van der Waals surface area contributed by atoms with Crippen LogP contribution in [0.25, 0.3) is 0 Å². The zero-order valence-corrected chi connectivity index (χ0v) is 17.2. The monoisotopic (exact) mass is 386 g/mol. The van der Waals surface area contributed by atoms with Gasteiger partial charge in [0.2, 0.25) is 0 Å². The highest BCUT2D eigenvalue weighted by Gasteiger charge is 2.40. The smallest absolute Gasteiger partial charge is 0.338 e. The van der Waals surface area contributed by atoms with E-state index in [9.17, 15) is 14.9 Å². The fraction of sp³-hybridized carbons (Fsp3) is 0.591. The first-order chi connectivity index (χ1) is 13.3. The first-order valence-electron chi connectivity index (χ1n) is 9.89. The van der Waals surface area contributed by atoms with E-state index in [0.717, 1.165) is 24.8 Å². The fourth-order valence-corrected chi connectivity index (χ4v) is 3.42. The first kappa shape index (κ1) is 21.9. The Bertz CT molecular complexity index is 715. The number of rotatable bonds is 7. The van der Waals surface area contributed by atoms with Gasteiger partial charge >= 0.3 is 5.97 Å². The van der Waals surface area contributed by atoms with Gasteiger partial charge in [-0.1, -0.05) is 31.4 Å². The molecule has 0 aliphatic heterocycles. The molecule has 28 heavy (non-hydrogen) atoms. The first-order valence-corrected chi connectivity index (χ1v) is 9.89. The Morgan fingerprint density at radius 1 is 1.14 bits per heavy atom. The van der Waals surface area contributed by atoms with E-state index in [-0.39, 0.29) is 12.0 Å². The van der Waals surface area contributed by atoms with Gasteiger partial charge in [-0.3, -0.25) is 4.79 Å². The quantitative estimate of drug-likeness (QED) is 0.665. The Hall–Kier alpha value is -2.39. The van der Waals surface area contributed by atoms with Crippen molar-refractivity contribution >= 4 is 11.9 Å². The van der Waals surface area contributed by atoms with Crippen LogP contribution in [0, 0.1) is 11.3 Å². The minimum Gasteiger partial charge on any atom is -0.449 e. The second kappa shape index (κ2) is 9.70. The molecule has 1 aliphatic carbocycles. The summed E-state index contributed by atoms with van der Waals surface area (Å²) in [6.07, 6.45) is 3.42. The molecule has 0 heterocycles. The normalized spacial score (nSPS) is 16.9. The van der Waals surface area contributed by atoms with Gasteiger partial charge in [-0.2, -0.15) is 5.26 Å². The van der Waals surface area contributed by atoms with Gasteiger partial charge in [-0.05, 0) is 51.3 Å². The van der Waals surface area contributed by atoms with Crippen molar-refractivity contribution in [2.75, 3.05) is 7.05 Å². The van der Waals surface area contributed by atoms with E-state index in [0.29, 0.717) is 25.0 Å². The summed E-state index contributed by atoms with van der Waals surface area (Å²) in [5, 5.41) is 9.64. The Balaban J connectivity index is 1.97. The van der Waals surface area contributed by atoms with Crippen LogP contribution in [0.15, 0.2) is 24.3 Å². The number of hydrogen-bond donors (Lipinski definition) is 0. The summed E-state index contributed by atoms with van der Waals surface area (Å²) in [4.78, 5) is 26.6. The van der Waals surface area contributed by atoms with Crippen molar-refractivity contribution in [3.63, 3.8) is 0 Å². The lowest BCUT2D eigenvalue weighted by atomic mass is 9.81. The number of hydrogen-bond acceptors (Lipinski definition) is 5. The minimum atomic E-state index is -0.950. The Morgan fingerprint density at radius 2 is 1.75 bits per heavy atom. The van der Waals surface area contributed by atoms with E-state index in [1.54, 1.807) is 26.1 Å². The number of benzene rings is 1. The lowest BCUT2D eigenvalue weighted by molar-refractivity contribution is -0.143. The van der Waals surface area contributed by atoms with Crippen LogP contribution in [-0.4, -0.2) is 41.6 Å². The molecular formula is C22H30N2O4. The maximum absolute atomic E-state index is 12.8. The van der Waals surface area contributed by atoms with E-state index in [1.807, 2.05) is 26.0 Å². The van der Waals surface area contributed by atoms with E-state index in [4.69, 9.17) is 9.47 Å². The molecule has 0 spiro atoms. The van der Waals surface area contributed by atoms with Gasteiger partial charge in [-0.15, -0.1) is 0 Å². The summed E-state index contributed by atoms with van der Waals surface area (Å²) in [6, 6.07) is 9.27. The average molecular weight is 386 g/mol.